The number of hydrogen-bond acceptors (Lipinski definition) is 2. The molecule has 0 aliphatic rings. The molecule has 0 spiro atoms. The van der Waals surface area contributed by atoms with Crippen LogP contribution in [0.4, 0.5) is 8.78 Å². The van der Waals surface area contributed by atoms with E-state index in [1.807, 2.05) is 6.92 Å². The lowest BCUT2D eigenvalue weighted by Crippen LogP contribution is -2.32. The third-order valence-corrected chi connectivity index (χ3v) is 2.78. The van der Waals surface area contributed by atoms with Crippen molar-refractivity contribution in [3.05, 3.63) is 39.9 Å². The standard InChI is InChI=1S/C13H15Cl2F2N3O.HI/c1-7(2)5-19-13(18)20-6-8-3-9(14)4-10(15)11(8)21-12(16)17;/h3-4,12H,1,5-6H2,2H3,(H3,18,19,20);1H. The molecule has 0 fully saturated rings. The lowest BCUT2D eigenvalue weighted by Gasteiger charge is -2.12. The van der Waals surface area contributed by atoms with E-state index >= 15 is 0 Å². The average Bonchev–Trinajstić information content (AvgIpc) is 2.37. The largest absolute Gasteiger partial charge is 0.433 e. The number of benzene rings is 1. The number of aliphatic imine (C=N–C) groups is 1. The highest BCUT2D eigenvalue weighted by Crippen LogP contribution is 2.34. The molecule has 0 bridgehead atoms. The monoisotopic (exact) mass is 465 g/mol. The van der Waals surface area contributed by atoms with E-state index in [2.05, 4.69) is 21.6 Å². The van der Waals surface area contributed by atoms with Gasteiger partial charge >= 0.3 is 6.61 Å². The van der Waals surface area contributed by atoms with E-state index in [9.17, 15) is 8.78 Å². The summed E-state index contributed by atoms with van der Waals surface area (Å²) in [4.78, 5) is 4.02. The second-order valence-corrected chi connectivity index (χ2v) is 5.11. The minimum absolute atomic E-state index is 0. The first-order valence-electron chi connectivity index (χ1n) is 5.90. The Kier molecular flexibility index (Phi) is 9.70. The van der Waals surface area contributed by atoms with Gasteiger partial charge in [-0.2, -0.15) is 8.78 Å². The van der Waals surface area contributed by atoms with Crippen LogP contribution >= 0.6 is 47.2 Å². The van der Waals surface area contributed by atoms with Gasteiger partial charge in [0.25, 0.3) is 0 Å². The number of guanidine groups is 1. The molecule has 0 atom stereocenters. The van der Waals surface area contributed by atoms with Crippen LogP contribution in [0.25, 0.3) is 0 Å². The molecule has 9 heteroatoms. The lowest BCUT2D eigenvalue weighted by atomic mass is 10.2. The molecule has 0 aliphatic carbocycles. The zero-order chi connectivity index (χ0) is 16.0. The van der Waals surface area contributed by atoms with Crippen LogP contribution in [-0.4, -0.2) is 19.1 Å². The Balaban J connectivity index is 0.00000441. The van der Waals surface area contributed by atoms with Crippen LogP contribution in [0.2, 0.25) is 10.0 Å². The molecule has 0 saturated carbocycles. The van der Waals surface area contributed by atoms with Gasteiger partial charge in [0.2, 0.25) is 0 Å². The van der Waals surface area contributed by atoms with E-state index in [4.69, 9.17) is 28.9 Å². The highest BCUT2D eigenvalue weighted by atomic mass is 127. The molecule has 3 N–H and O–H groups in total. The van der Waals surface area contributed by atoms with Gasteiger partial charge in [-0.05, 0) is 19.1 Å². The molecular weight excluding hydrogens is 450 g/mol. The highest BCUT2D eigenvalue weighted by Gasteiger charge is 2.15. The first kappa shape index (κ1) is 21.2. The van der Waals surface area contributed by atoms with Crippen LogP contribution in [0.3, 0.4) is 0 Å². The van der Waals surface area contributed by atoms with Gasteiger partial charge in [0, 0.05) is 17.1 Å². The number of ether oxygens (including phenoxy) is 1. The Hall–Kier alpha value is -0.800. The Labute approximate surface area is 154 Å². The molecule has 0 aliphatic heterocycles. The van der Waals surface area contributed by atoms with Crippen molar-refractivity contribution in [2.75, 3.05) is 6.54 Å². The van der Waals surface area contributed by atoms with Crippen LogP contribution in [0, 0.1) is 0 Å². The number of nitrogens with zero attached hydrogens (tertiary/aromatic N) is 1. The van der Waals surface area contributed by atoms with E-state index < -0.39 is 6.61 Å². The quantitative estimate of drug-likeness (QED) is 0.286. The molecule has 0 aromatic heterocycles. The fourth-order valence-electron chi connectivity index (χ4n) is 1.42. The first-order chi connectivity index (χ1) is 9.79. The van der Waals surface area contributed by atoms with E-state index in [0.717, 1.165) is 5.57 Å². The Morgan fingerprint density at radius 3 is 2.64 bits per heavy atom. The van der Waals surface area contributed by atoms with Crippen LogP contribution < -0.4 is 15.8 Å². The van der Waals surface area contributed by atoms with Gasteiger partial charge in [-0.1, -0.05) is 35.4 Å². The third-order valence-electron chi connectivity index (χ3n) is 2.28. The number of nitrogens with two attached hydrogens (primary N) is 1. The number of rotatable bonds is 6. The van der Waals surface area contributed by atoms with Gasteiger partial charge in [0.05, 0.1) is 11.6 Å². The van der Waals surface area contributed by atoms with Crippen molar-refractivity contribution >= 4 is 53.1 Å². The minimum atomic E-state index is -3.00. The van der Waals surface area contributed by atoms with Gasteiger partial charge in [-0.25, -0.2) is 4.99 Å². The molecule has 4 nitrogen and oxygen atoms in total. The van der Waals surface area contributed by atoms with Crippen molar-refractivity contribution in [1.29, 1.82) is 0 Å². The number of alkyl halides is 2. The van der Waals surface area contributed by atoms with Crippen molar-refractivity contribution in [2.45, 2.75) is 20.1 Å². The molecule has 22 heavy (non-hydrogen) atoms. The number of halogens is 5. The van der Waals surface area contributed by atoms with E-state index in [1.54, 1.807) is 0 Å². The van der Waals surface area contributed by atoms with Crippen molar-refractivity contribution in [1.82, 2.24) is 5.32 Å². The number of hydrogen-bond donors (Lipinski definition) is 2. The summed E-state index contributed by atoms with van der Waals surface area (Å²) in [5.41, 5.74) is 6.83. The maximum absolute atomic E-state index is 12.4. The van der Waals surface area contributed by atoms with Gasteiger partial charge in [0.15, 0.2) is 5.96 Å². The van der Waals surface area contributed by atoms with Gasteiger partial charge in [-0.3, -0.25) is 0 Å². The summed E-state index contributed by atoms with van der Waals surface area (Å²) < 4.78 is 29.2. The molecule has 124 valence electrons. The second-order valence-electron chi connectivity index (χ2n) is 4.27. The average molecular weight is 466 g/mol. The van der Waals surface area contributed by atoms with Crippen LogP contribution in [0.15, 0.2) is 29.3 Å². The van der Waals surface area contributed by atoms with Crippen LogP contribution in [0.1, 0.15) is 12.5 Å². The number of nitrogens with one attached hydrogen (secondary N) is 1. The summed E-state index contributed by atoms with van der Waals surface area (Å²) in [6.07, 6.45) is 0. The lowest BCUT2D eigenvalue weighted by molar-refractivity contribution is -0.0503. The maximum atomic E-state index is 12.4. The summed E-state index contributed by atoms with van der Waals surface area (Å²) in [5, 5.41) is 3.09. The Morgan fingerprint density at radius 2 is 2.09 bits per heavy atom. The highest BCUT2D eigenvalue weighted by molar-refractivity contribution is 14.0. The Bertz CT molecular complexity index is 556. The van der Waals surface area contributed by atoms with Crippen LogP contribution in [0.5, 0.6) is 5.75 Å². The molecule has 1 aromatic rings. The minimum Gasteiger partial charge on any atom is -0.433 e. The van der Waals surface area contributed by atoms with Crippen molar-refractivity contribution in [3.63, 3.8) is 0 Å². The smallest absolute Gasteiger partial charge is 0.387 e. The second kappa shape index (κ2) is 10.1. The molecular formula is C13H16Cl2F2IN3O. The summed E-state index contributed by atoms with van der Waals surface area (Å²) in [6, 6.07) is 2.76. The fourth-order valence-corrected chi connectivity index (χ4v) is 2.00. The fraction of sp³-hybridized carbons (Fsp3) is 0.308. The third kappa shape index (κ3) is 7.46. The van der Waals surface area contributed by atoms with E-state index in [1.165, 1.54) is 12.1 Å². The van der Waals surface area contributed by atoms with Gasteiger partial charge in [-0.15, -0.1) is 24.0 Å². The normalized spacial score (nSPS) is 11.1. The zero-order valence-electron chi connectivity index (χ0n) is 11.7. The van der Waals surface area contributed by atoms with Crippen molar-refractivity contribution in [2.24, 2.45) is 10.7 Å². The summed E-state index contributed by atoms with van der Waals surface area (Å²) in [7, 11) is 0. The van der Waals surface area contributed by atoms with Gasteiger partial charge in [0.1, 0.15) is 5.75 Å². The molecule has 0 heterocycles. The summed E-state index contributed by atoms with van der Waals surface area (Å²) in [6.45, 7) is 3.00. The molecule has 0 amide bonds. The Morgan fingerprint density at radius 1 is 1.45 bits per heavy atom. The summed E-state index contributed by atoms with van der Waals surface area (Å²) in [5.74, 6) is -0.00962. The molecule has 0 unspecified atom stereocenters. The van der Waals surface area contributed by atoms with Crippen molar-refractivity contribution < 1.29 is 13.5 Å². The maximum Gasteiger partial charge on any atom is 0.387 e. The van der Waals surface area contributed by atoms with Crippen molar-refractivity contribution in [3.8, 4) is 5.75 Å². The zero-order valence-corrected chi connectivity index (χ0v) is 15.5. The predicted octanol–water partition coefficient (Wildman–Crippen LogP) is 4.19. The molecule has 0 radical (unpaired) electrons. The topological polar surface area (TPSA) is 59.6 Å². The first-order valence-corrected chi connectivity index (χ1v) is 6.66. The summed E-state index contributed by atoms with van der Waals surface area (Å²) >= 11 is 11.7. The molecule has 1 aromatic carbocycles. The van der Waals surface area contributed by atoms with E-state index in [0.29, 0.717) is 17.1 Å². The van der Waals surface area contributed by atoms with E-state index in [-0.39, 0.29) is 47.3 Å². The predicted molar refractivity (Wildman–Crippen MR) is 96.7 cm³/mol. The van der Waals surface area contributed by atoms with Crippen LogP contribution in [-0.2, 0) is 6.54 Å². The van der Waals surface area contributed by atoms with Gasteiger partial charge < -0.3 is 15.8 Å². The SMILES string of the molecule is C=C(C)CNC(N)=NCc1cc(Cl)cc(Cl)c1OC(F)F.I. The molecule has 1 rings (SSSR count). The molecule has 0 saturated heterocycles.